The standard InChI is InChI=1S/C18H15NO5S2/c1-12(20)13-4-7-15(8-5-13)26(22,23)19-11-14-6-9-17(25-14)18(21)16-3-2-10-24-16/h2-10,19H,11H2,1H3. The van der Waals surface area contributed by atoms with E-state index in [2.05, 4.69) is 4.72 Å². The van der Waals surface area contributed by atoms with Crippen LogP contribution in [0.15, 0.2) is 64.1 Å². The van der Waals surface area contributed by atoms with Crippen molar-refractivity contribution in [1.82, 2.24) is 4.72 Å². The van der Waals surface area contributed by atoms with E-state index in [-0.39, 0.29) is 28.8 Å². The lowest BCUT2D eigenvalue weighted by Crippen LogP contribution is -2.22. The molecule has 3 aromatic rings. The first kappa shape index (κ1) is 18.2. The third kappa shape index (κ3) is 3.98. The molecule has 1 aromatic carbocycles. The van der Waals surface area contributed by atoms with Crippen LogP contribution in [0.1, 0.15) is 37.6 Å². The van der Waals surface area contributed by atoms with E-state index in [9.17, 15) is 18.0 Å². The van der Waals surface area contributed by atoms with Crippen LogP contribution in [0.4, 0.5) is 0 Å². The number of furan rings is 1. The van der Waals surface area contributed by atoms with Crippen molar-refractivity contribution in [2.24, 2.45) is 0 Å². The molecule has 0 atom stereocenters. The van der Waals surface area contributed by atoms with Crippen molar-refractivity contribution >= 4 is 32.9 Å². The predicted octanol–water partition coefficient (Wildman–Crippen LogP) is 3.25. The Morgan fingerprint density at radius 2 is 1.81 bits per heavy atom. The highest BCUT2D eigenvalue weighted by Gasteiger charge is 2.17. The molecule has 0 bridgehead atoms. The quantitative estimate of drug-likeness (QED) is 0.626. The Bertz CT molecular complexity index is 1030. The third-order valence-corrected chi connectivity index (χ3v) is 6.14. The molecule has 0 saturated heterocycles. The van der Waals surface area contributed by atoms with E-state index in [1.54, 1.807) is 24.3 Å². The molecule has 0 unspecified atom stereocenters. The Kier molecular flexibility index (Phi) is 5.17. The second-order valence-electron chi connectivity index (χ2n) is 5.48. The Hall–Kier alpha value is -2.55. The molecular weight excluding hydrogens is 374 g/mol. The number of sulfonamides is 1. The minimum absolute atomic E-state index is 0.0624. The summed E-state index contributed by atoms with van der Waals surface area (Å²) in [4.78, 5) is 24.7. The molecule has 2 aromatic heterocycles. The number of carbonyl (C=O) groups is 2. The van der Waals surface area contributed by atoms with E-state index in [0.717, 1.165) is 0 Å². The van der Waals surface area contributed by atoms with Crippen LogP contribution in [-0.2, 0) is 16.6 Å². The van der Waals surface area contributed by atoms with Crippen molar-refractivity contribution in [3.05, 3.63) is 75.9 Å². The van der Waals surface area contributed by atoms with Crippen LogP contribution < -0.4 is 4.72 Å². The van der Waals surface area contributed by atoms with Gasteiger partial charge in [-0.25, -0.2) is 13.1 Å². The van der Waals surface area contributed by atoms with Crippen molar-refractivity contribution in [3.8, 4) is 0 Å². The maximum atomic E-state index is 12.3. The van der Waals surface area contributed by atoms with Gasteiger partial charge in [-0.05, 0) is 43.3 Å². The summed E-state index contributed by atoms with van der Waals surface area (Å²) in [6.45, 7) is 1.48. The predicted molar refractivity (Wildman–Crippen MR) is 96.9 cm³/mol. The first-order chi connectivity index (χ1) is 12.4. The van der Waals surface area contributed by atoms with Crippen molar-refractivity contribution in [3.63, 3.8) is 0 Å². The molecule has 0 radical (unpaired) electrons. The molecule has 0 aliphatic rings. The smallest absolute Gasteiger partial charge is 0.240 e. The first-order valence-corrected chi connectivity index (χ1v) is 9.94. The fraction of sp³-hybridized carbons (Fsp3) is 0.111. The van der Waals surface area contributed by atoms with Gasteiger partial charge in [0, 0.05) is 17.0 Å². The lowest BCUT2D eigenvalue weighted by atomic mass is 10.2. The third-order valence-electron chi connectivity index (χ3n) is 3.64. The van der Waals surface area contributed by atoms with Crippen molar-refractivity contribution in [2.45, 2.75) is 18.4 Å². The summed E-state index contributed by atoms with van der Waals surface area (Å²) in [5.41, 5.74) is 0.447. The number of carbonyl (C=O) groups excluding carboxylic acids is 2. The first-order valence-electron chi connectivity index (χ1n) is 7.64. The second-order valence-corrected chi connectivity index (χ2v) is 8.41. The molecule has 6 nitrogen and oxygen atoms in total. The SMILES string of the molecule is CC(=O)c1ccc(S(=O)(=O)NCc2ccc(C(=O)c3ccco3)s2)cc1. The van der Waals surface area contributed by atoms with Crippen molar-refractivity contribution in [1.29, 1.82) is 0 Å². The highest BCUT2D eigenvalue weighted by molar-refractivity contribution is 7.89. The van der Waals surface area contributed by atoms with E-state index in [4.69, 9.17) is 4.42 Å². The van der Waals surface area contributed by atoms with Crippen LogP contribution in [0, 0.1) is 0 Å². The molecule has 0 aliphatic carbocycles. The largest absolute Gasteiger partial charge is 0.461 e. The van der Waals surface area contributed by atoms with E-state index < -0.39 is 10.0 Å². The average Bonchev–Trinajstić information content (AvgIpc) is 3.31. The van der Waals surface area contributed by atoms with Gasteiger partial charge < -0.3 is 4.42 Å². The van der Waals surface area contributed by atoms with Gasteiger partial charge in [-0.3, -0.25) is 9.59 Å². The van der Waals surface area contributed by atoms with Crippen molar-refractivity contribution in [2.75, 3.05) is 0 Å². The van der Waals surface area contributed by atoms with Gasteiger partial charge in [0.1, 0.15) is 0 Å². The molecular formula is C18H15NO5S2. The van der Waals surface area contributed by atoms with Gasteiger partial charge in [-0.15, -0.1) is 11.3 Å². The summed E-state index contributed by atoms with van der Waals surface area (Å²) >= 11 is 1.20. The van der Waals surface area contributed by atoms with Gasteiger partial charge >= 0.3 is 0 Å². The number of Topliss-reactive ketones (excluding diaryl/α,β-unsaturated/α-hetero) is 1. The fourth-order valence-corrected chi connectivity index (χ4v) is 4.23. The summed E-state index contributed by atoms with van der Waals surface area (Å²) in [5.74, 6) is -0.132. The van der Waals surface area contributed by atoms with Gasteiger partial charge in [0.05, 0.1) is 16.0 Å². The van der Waals surface area contributed by atoms with Gasteiger partial charge in [0.2, 0.25) is 15.8 Å². The van der Waals surface area contributed by atoms with Crippen molar-refractivity contribution < 1.29 is 22.4 Å². The number of hydrogen-bond acceptors (Lipinski definition) is 6. The molecule has 1 N–H and O–H groups in total. The zero-order valence-corrected chi connectivity index (χ0v) is 15.4. The molecule has 0 fully saturated rings. The number of benzene rings is 1. The van der Waals surface area contributed by atoms with E-state index in [1.165, 1.54) is 48.8 Å². The number of rotatable bonds is 7. The summed E-state index contributed by atoms with van der Waals surface area (Å²) in [6, 6.07) is 12.3. The molecule has 134 valence electrons. The van der Waals surface area contributed by atoms with Gasteiger partial charge in [-0.1, -0.05) is 12.1 Å². The number of nitrogens with one attached hydrogen (secondary N) is 1. The lowest BCUT2D eigenvalue weighted by molar-refractivity contribution is 0.100. The zero-order chi connectivity index (χ0) is 18.7. The number of ketones is 2. The summed E-state index contributed by atoms with van der Waals surface area (Å²) in [5, 5.41) is 0. The Balaban J connectivity index is 1.68. The highest BCUT2D eigenvalue weighted by atomic mass is 32.2. The van der Waals surface area contributed by atoms with Crippen LogP contribution in [0.25, 0.3) is 0 Å². The van der Waals surface area contributed by atoms with Gasteiger partial charge in [0.15, 0.2) is 11.5 Å². The van der Waals surface area contributed by atoms with Crippen LogP contribution >= 0.6 is 11.3 Å². The molecule has 3 rings (SSSR count). The Morgan fingerprint density at radius 1 is 1.08 bits per heavy atom. The summed E-state index contributed by atoms with van der Waals surface area (Å²) < 4.78 is 32.3. The zero-order valence-electron chi connectivity index (χ0n) is 13.8. The minimum Gasteiger partial charge on any atom is -0.461 e. The van der Waals surface area contributed by atoms with E-state index in [1.807, 2.05) is 0 Å². The topological polar surface area (TPSA) is 93.5 Å². The molecule has 0 spiro atoms. The molecule has 8 heteroatoms. The van der Waals surface area contributed by atoms with Gasteiger partial charge in [0.25, 0.3) is 0 Å². The van der Waals surface area contributed by atoms with E-state index in [0.29, 0.717) is 15.3 Å². The molecule has 0 saturated carbocycles. The molecule has 0 amide bonds. The van der Waals surface area contributed by atoms with Gasteiger partial charge in [-0.2, -0.15) is 0 Å². The van der Waals surface area contributed by atoms with Crippen LogP contribution in [-0.4, -0.2) is 20.0 Å². The number of thiophene rings is 1. The lowest BCUT2D eigenvalue weighted by Gasteiger charge is -2.06. The highest BCUT2D eigenvalue weighted by Crippen LogP contribution is 2.21. The maximum Gasteiger partial charge on any atom is 0.240 e. The fourth-order valence-electron chi connectivity index (χ4n) is 2.24. The van der Waals surface area contributed by atoms with E-state index >= 15 is 0 Å². The van der Waals surface area contributed by atoms with Crippen LogP contribution in [0.3, 0.4) is 0 Å². The molecule has 26 heavy (non-hydrogen) atoms. The maximum absolute atomic E-state index is 12.3. The molecule has 0 aliphatic heterocycles. The molecule has 2 heterocycles. The summed E-state index contributed by atoms with van der Waals surface area (Å²) in [6.07, 6.45) is 1.42. The number of hydrogen-bond donors (Lipinski definition) is 1. The van der Waals surface area contributed by atoms with Crippen LogP contribution in [0.2, 0.25) is 0 Å². The minimum atomic E-state index is -3.71. The monoisotopic (exact) mass is 389 g/mol. The Labute approximate surface area is 154 Å². The average molecular weight is 389 g/mol. The second kappa shape index (κ2) is 7.36. The Morgan fingerprint density at radius 3 is 2.42 bits per heavy atom. The van der Waals surface area contributed by atoms with Crippen LogP contribution in [0.5, 0.6) is 0 Å². The normalized spacial score (nSPS) is 11.4. The summed E-state index contributed by atoms with van der Waals surface area (Å²) in [7, 11) is -3.71.